The molecular weight excluding hydrogens is 224 g/mol. The average Bonchev–Trinajstić information content (AvgIpc) is 3.19. The van der Waals surface area contributed by atoms with Gasteiger partial charge in [-0.05, 0) is 40.5 Å². The van der Waals surface area contributed by atoms with E-state index in [0.717, 1.165) is 37.1 Å². The van der Waals surface area contributed by atoms with Crippen molar-refractivity contribution < 1.29 is 0 Å². The molecule has 100 valence electrons. The first-order chi connectivity index (χ1) is 8.71. The third-order valence-corrected chi connectivity index (χ3v) is 3.49. The summed E-state index contributed by atoms with van der Waals surface area (Å²) in [6.07, 6.45) is 2.48. The van der Waals surface area contributed by atoms with Gasteiger partial charge in [-0.3, -0.25) is 0 Å². The molecule has 1 saturated carbocycles. The number of hydrogen-bond acceptors (Lipinski definition) is 4. The van der Waals surface area contributed by atoms with Crippen molar-refractivity contribution in [1.29, 1.82) is 0 Å². The number of hydrogen-bond donors (Lipinski definition) is 1. The van der Waals surface area contributed by atoms with E-state index in [1.54, 1.807) is 0 Å². The fraction of sp³-hybridized carbons (Fsp3) is 0.714. The maximum atomic E-state index is 4.79. The minimum Gasteiger partial charge on any atom is -0.370 e. The Labute approximate surface area is 110 Å². The van der Waals surface area contributed by atoms with Gasteiger partial charge in [0.15, 0.2) is 0 Å². The van der Waals surface area contributed by atoms with E-state index in [9.17, 15) is 0 Å². The van der Waals surface area contributed by atoms with Crippen LogP contribution < -0.4 is 10.2 Å². The second-order valence-electron chi connectivity index (χ2n) is 4.86. The number of nitrogens with zero attached hydrogens (tertiary/aromatic N) is 3. The van der Waals surface area contributed by atoms with Crippen LogP contribution in [-0.4, -0.2) is 29.6 Å². The molecule has 0 atom stereocenters. The van der Waals surface area contributed by atoms with Crippen LogP contribution >= 0.6 is 0 Å². The van der Waals surface area contributed by atoms with Crippen molar-refractivity contribution in [3.63, 3.8) is 0 Å². The van der Waals surface area contributed by atoms with Crippen molar-refractivity contribution in [2.24, 2.45) is 0 Å². The molecule has 0 aromatic carbocycles. The molecule has 0 amide bonds. The molecule has 18 heavy (non-hydrogen) atoms. The number of aromatic nitrogens is 2. The van der Waals surface area contributed by atoms with E-state index in [1.807, 2.05) is 0 Å². The molecule has 1 heterocycles. The van der Waals surface area contributed by atoms with Crippen molar-refractivity contribution in [2.75, 3.05) is 29.9 Å². The van der Waals surface area contributed by atoms with Crippen molar-refractivity contribution in [1.82, 2.24) is 9.97 Å². The minimum atomic E-state index is 0.595. The van der Waals surface area contributed by atoms with Crippen LogP contribution in [0.2, 0.25) is 0 Å². The molecule has 0 bridgehead atoms. The van der Waals surface area contributed by atoms with E-state index in [1.165, 1.54) is 18.4 Å². The van der Waals surface area contributed by atoms with Gasteiger partial charge < -0.3 is 10.2 Å². The van der Waals surface area contributed by atoms with Crippen LogP contribution in [0, 0.1) is 6.92 Å². The van der Waals surface area contributed by atoms with Crippen molar-refractivity contribution >= 4 is 11.6 Å². The Morgan fingerprint density at radius 1 is 1.17 bits per heavy atom. The van der Waals surface area contributed by atoms with Gasteiger partial charge in [-0.2, -0.15) is 0 Å². The molecule has 1 fully saturated rings. The van der Waals surface area contributed by atoms with E-state index < -0.39 is 0 Å². The van der Waals surface area contributed by atoms with Crippen LogP contribution in [0.25, 0.3) is 0 Å². The lowest BCUT2D eigenvalue weighted by Gasteiger charge is -2.23. The topological polar surface area (TPSA) is 41.1 Å². The number of nitrogens with one attached hydrogen (secondary N) is 1. The Bertz CT molecular complexity index is 409. The zero-order chi connectivity index (χ0) is 13.1. The van der Waals surface area contributed by atoms with Gasteiger partial charge in [0.05, 0.1) is 0 Å². The maximum absolute atomic E-state index is 4.79. The largest absolute Gasteiger partial charge is 0.370 e. The normalized spacial score (nSPS) is 14.7. The smallest absolute Gasteiger partial charge is 0.137 e. The second-order valence-corrected chi connectivity index (χ2v) is 4.86. The predicted octanol–water partition coefficient (Wildman–Crippen LogP) is 2.94. The molecule has 1 aromatic heterocycles. The van der Waals surface area contributed by atoms with Gasteiger partial charge in [-0.1, -0.05) is 0 Å². The summed E-state index contributed by atoms with van der Waals surface area (Å²) < 4.78 is 0. The van der Waals surface area contributed by atoms with E-state index in [2.05, 4.69) is 42.9 Å². The summed E-state index contributed by atoms with van der Waals surface area (Å²) in [4.78, 5) is 11.8. The summed E-state index contributed by atoms with van der Waals surface area (Å²) in [6.45, 7) is 11.5. The Morgan fingerprint density at radius 3 is 2.33 bits per heavy atom. The third-order valence-electron chi connectivity index (χ3n) is 3.49. The highest BCUT2D eigenvalue weighted by molar-refractivity contribution is 5.59. The van der Waals surface area contributed by atoms with Gasteiger partial charge >= 0.3 is 0 Å². The zero-order valence-corrected chi connectivity index (χ0v) is 12.0. The monoisotopic (exact) mass is 248 g/mol. The maximum Gasteiger partial charge on any atom is 0.137 e. The van der Waals surface area contributed by atoms with Gasteiger partial charge in [0, 0.05) is 31.1 Å². The summed E-state index contributed by atoms with van der Waals surface area (Å²) >= 11 is 0. The molecule has 0 radical (unpaired) electrons. The molecule has 1 aliphatic rings. The summed E-state index contributed by atoms with van der Waals surface area (Å²) in [6, 6.07) is 0. The molecule has 0 unspecified atom stereocenters. The fourth-order valence-corrected chi connectivity index (χ4v) is 2.22. The average molecular weight is 248 g/mol. The van der Waals surface area contributed by atoms with E-state index in [4.69, 9.17) is 4.98 Å². The predicted molar refractivity (Wildman–Crippen MR) is 76.5 cm³/mol. The minimum absolute atomic E-state index is 0.595. The quantitative estimate of drug-likeness (QED) is 0.840. The summed E-state index contributed by atoms with van der Waals surface area (Å²) in [5.74, 6) is 3.74. The summed E-state index contributed by atoms with van der Waals surface area (Å²) in [7, 11) is 0. The number of anilines is 2. The lowest BCUT2D eigenvalue weighted by atomic mass is 10.2. The third kappa shape index (κ3) is 2.57. The van der Waals surface area contributed by atoms with Crippen LogP contribution in [0.1, 0.15) is 50.9 Å². The highest BCUT2D eigenvalue weighted by Crippen LogP contribution is 2.40. The van der Waals surface area contributed by atoms with Crippen LogP contribution in [0.3, 0.4) is 0 Å². The van der Waals surface area contributed by atoms with Gasteiger partial charge in [-0.25, -0.2) is 9.97 Å². The summed E-state index contributed by atoms with van der Waals surface area (Å²) in [5, 5.41) is 3.36. The van der Waals surface area contributed by atoms with Crippen LogP contribution in [-0.2, 0) is 0 Å². The molecule has 1 aliphatic carbocycles. The van der Waals surface area contributed by atoms with Crippen LogP contribution in [0.15, 0.2) is 0 Å². The first-order valence-corrected chi connectivity index (χ1v) is 7.08. The highest BCUT2D eigenvalue weighted by atomic mass is 15.2. The molecule has 4 nitrogen and oxygen atoms in total. The molecule has 4 heteroatoms. The zero-order valence-electron chi connectivity index (χ0n) is 12.0. The van der Waals surface area contributed by atoms with E-state index >= 15 is 0 Å². The molecule has 0 spiro atoms. The second kappa shape index (κ2) is 5.55. The lowest BCUT2D eigenvalue weighted by Crippen LogP contribution is -2.25. The Balaban J connectivity index is 2.41. The van der Waals surface area contributed by atoms with E-state index in [-0.39, 0.29) is 0 Å². The van der Waals surface area contributed by atoms with Crippen LogP contribution in [0.5, 0.6) is 0 Å². The Hall–Kier alpha value is -1.32. The fourth-order valence-electron chi connectivity index (χ4n) is 2.22. The van der Waals surface area contributed by atoms with Gasteiger partial charge in [0.25, 0.3) is 0 Å². The molecule has 0 aliphatic heterocycles. The molecule has 1 N–H and O–H groups in total. The van der Waals surface area contributed by atoms with Crippen molar-refractivity contribution in [2.45, 2.75) is 46.5 Å². The van der Waals surface area contributed by atoms with Crippen molar-refractivity contribution in [3.8, 4) is 0 Å². The standard InChI is InChI=1S/C14H24N4/c1-5-15-12-10(4)14(18(6-2)7-3)17-13(16-12)11-8-9-11/h11H,5-9H2,1-4H3,(H,15,16,17). The first kappa shape index (κ1) is 13.1. The number of rotatable bonds is 6. The van der Waals surface area contributed by atoms with Gasteiger partial charge in [0.2, 0.25) is 0 Å². The van der Waals surface area contributed by atoms with E-state index in [0.29, 0.717) is 5.92 Å². The molecule has 0 saturated heterocycles. The first-order valence-electron chi connectivity index (χ1n) is 7.08. The van der Waals surface area contributed by atoms with Crippen LogP contribution in [0.4, 0.5) is 11.6 Å². The molecule has 2 rings (SSSR count). The SMILES string of the molecule is CCNc1nc(C2CC2)nc(N(CC)CC)c1C. The van der Waals surface area contributed by atoms with Crippen molar-refractivity contribution in [3.05, 3.63) is 11.4 Å². The molecular formula is C14H24N4. The van der Waals surface area contributed by atoms with Gasteiger partial charge in [-0.15, -0.1) is 0 Å². The Kier molecular flexibility index (Phi) is 4.04. The molecule has 1 aromatic rings. The Morgan fingerprint density at radius 2 is 1.83 bits per heavy atom. The highest BCUT2D eigenvalue weighted by Gasteiger charge is 2.28. The summed E-state index contributed by atoms with van der Waals surface area (Å²) in [5.41, 5.74) is 1.17. The van der Waals surface area contributed by atoms with Gasteiger partial charge in [0.1, 0.15) is 17.5 Å². The lowest BCUT2D eigenvalue weighted by molar-refractivity contribution is 0.812.